The van der Waals surface area contributed by atoms with E-state index in [0.717, 1.165) is 16.9 Å². The van der Waals surface area contributed by atoms with E-state index in [4.69, 9.17) is 4.42 Å². The van der Waals surface area contributed by atoms with Gasteiger partial charge in [-0.05, 0) is 24.3 Å². The highest BCUT2D eigenvalue weighted by Gasteiger charge is 2.13. The van der Waals surface area contributed by atoms with Crippen molar-refractivity contribution in [2.75, 3.05) is 6.54 Å². The molecule has 1 aromatic carbocycles. The lowest BCUT2D eigenvalue weighted by molar-refractivity contribution is 0.0949. The average molecular weight is 335 g/mol. The van der Waals surface area contributed by atoms with E-state index in [9.17, 15) is 4.79 Å². The van der Waals surface area contributed by atoms with Gasteiger partial charge in [0, 0.05) is 26.1 Å². The highest BCUT2D eigenvalue weighted by molar-refractivity contribution is 5.93. The van der Waals surface area contributed by atoms with Gasteiger partial charge in [-0.25, -0.2) is 4.98 Å². The monoisotopic (exact) mass is 335 g/mol. The molecule has 0 atom stereocenters. The number of rotatable bonds is 5. The molecule has 0 fully saturated rings. The Hall–Kier alpha value is -3.35. The van der Waals surface area contributed by atoms with Crippen LogP contribution in [0.1, 0.15) is 16.3 Å². The highest BCUT2D eigenvalue weighted by Crippen LogP contribution is 2.18. The Labute approximate surface area is 143 Å². The number of aromatic amines is 1. The number of nitrogens with one attached hydrogen (secondary N) is 2. The molecule has 0 unspecified atom stereocenters. The minimum atomic E-state index is -0.229. The van der Waals surface area contributed by atoms with Crippen molar-refractivity contribution >= 4 is 16.9 Å². The van der Waals surface area contributed by atoms with Crippen LogP contribution in [0.2, 0.25) is 0 Å². The molecule has 7 nitrogen and oxygen atoms in total. The molecule has 3 aromatic heterocycles. The molecule has 0 saturated carbocycles. The lowest BCUT2D eigenvalue weighted by atomic mass is 10.3. The van der Waals surface area contributed by atoms with Crippen LogP contribution in [0, 0.1) is 0 Å². The molecule has 0 aliphatic carbocycles. The van der Waals surface area contributed by atoms with Crippen molar-refractivity contribution in [1.29, 1.82) is 0 Å². The zero-order valence-corrected chi connectivity index (χ0v) is 13.7. The molecule has 126 valence electrons. The summed E-state index contributed by atoms with van der Waals surface area (Å²) in [5, 5.41) is 9.71. The number of carbonyl (C=O) groups is 1. The molecule has 4 aromatic rings. The maximum absolute atomic E-state index is 12.2. The van der Waals surface area contributed by atoms with Crippen molar-refractivity contribution in [2.45, 2.75) is 6.42 Å². The lowest BCUT2D eigenvalue weighted by Gasteiger charge is -2.04. The van der Waals surface area contributed by atoms with Gasteiger partial charge in [-0.2, -0.15) is 5.10 Å². The number of amides is 1. The Balaban J connectivity index is 1.39. The summed E-state index contributed by atoms with van der Waals surface area (Å²) in [5.41, 5.74) is 3.04. The van der Waals surface area contributed by atoms with Gasteiger partial charge >= 0.3 is 0 Å². The average Bonchev–Trinajstić information content (AvgIpc) is 3.35. The highest BCUT2D eigenvalue weighted by atomic mass is 16.3. The van der Waals surface area contributed by atoms with Gasteiger partial charge in [0.15, 0.2) is 11.5 Å². The van der Waals surface area contributed by atoms with E-state index in [1.165, 1.54) is 0 Å². The summed E-state index contributed by atoms with van der Waals surface area (Å²) in [6.45, 7) is 0.485. The summed E-state index contributed by atoms with van der Waals surface area (Å²) < 4.78 is 7.33. The number of para-hydroxylation sites is 2. The van der Waals surface area contributed by atoms with Crippen LogP contribution in [0.5, 0.6) is 0 Å². The molecule has 2 N–H and O–H groups in total. The quantitative estimate of drug-likeness (QED) is 0.586. The molecule has 0 bridgehead atoms. The van der Waals surface area contributed by atoms with Crippen molar-refractivity contribution in [3.63, 3.8) is 0 Å². The number of H-pyrrole nitrogens is 1. The summed E-state index contributed by atoms with van der Waals surface area (Å²) in [6.07, 6.45) is 2.22. The van der Waals surface area contributed by atoms with E-state index in [0.29, 0.717) is 30.1 Å². The largest absolute Gasteiger partial charge is 0.463 e. The topological polar surface area (TPSA) is 88.7 Å². The number of aromatic nitrogens is 4. The van der Waals surface area contributed by atoms with Gasteiger partial charge in [-0.15, -0.1) is 0 Å². The smallest absolute Gasteiger partial charge is 0.271 e. The minimum absolute atomic E-state index is 0.229. The molecule has 3 heterocycles. The van der Waals surface area contributed by atoms with Crippen LogP contribution in [-0.2, 0) is 13.5 Å². The van der Waals surface area contributed by atoms with Crippen LogP contribution in [0.15, 0.2) is 53.1 Å². The number of imidazole rings is 1. The van der Waals surface area contributed by atoms with Crippen molar-refractivity contribution in [3.8, 4) is 11.5 Å². The van der Waals surface area contributed by atoms with Gasteiger partial charge < -0.3 is 14.3 Å². The molecule has 0 spiro atoms. The first-order chi connectivity index (χ1) is 12.2. The first-order valence-electron chi connectivity index (χ1n) is 8.00. The first kappa shape index (κ1) is 15.2. The molecule has 0 aliphatic heterocycles. The van der Waals surface area contributed by atoms with Crippen LogP contribution >= 0.6 is 0 Å². The summed E-state index contributed by atoms with van der Waals surface area (Å²) in [6, 6.07) is 13.2. The Morgan fingerprint density at radius 1 is 1.28 bits per heavy atom. The van der Waals surface area contributed by atoms with E-state index >= 15 is 0 Å². The van der Waals surface area contributed by atoms with Gasteiger partial charge in [-0.3, -0.25) is 9.89 Å². The fourth-order valence-electron chi connectivity index (χ4n) is 2.79. The second-order valence-corrected chi connectivity index (χ2v) is 5.73. The predicted octanol–water partition coefficient (Wildman–Crippen LogP) is 2.53. The third kappa shape index (κ3) is 2.91. The lowest BCUT2D eigenvalue weighted by Crippen LogP contribution is -2.26. The molecule has 1 amide bonds. The van der Waals surface area contributed by atoms with E-state index in [1.807, 2.05) is 35.9 Å². The van der Waals surface area contributed by atoms with Crippen molar-refractivity contribution in [3.05, 3.63) is 60.2 Å². The molecule has 4 rings (SSSR count). The second kappa shape index (κ2) is 6.27. The standard InChI is InChI=1S/C18H17N5O2/c1-23-15-6-3-2-5-12(15)20-17(23)8-9-19-18(24)14-11-13(21-22-14)16-7-4-10-25-16/h2-7,10-11H,8-9H2,1H3,(H,19,24)(H,21,22). The van der Waals surface area contributed by atoms with Crippen molar-refractivity contribution < 1.29 is 9.21 Å². The molecule has 25 heavy (non-hydrogen) atoms. The molecule has 0 saturated heterocycles. The fourth-order valence-corrected chi connectivity index (χ4v) is 2.79. The number of hydrogen-bond acceptors (Lipinski definition) is 4. The molecule has 0 aliphatic rings. The van der Waals surface area contributed by atoms with Crippen molar-refractivity contribution in [2.24, 2.45) is 7.05 Å². The Kier molecular flexibility index (Phi) is 3.81. The van der Waals surface area contributed by atoms with Crippen molar-refractivity contribution in [1.82, 2.24) is 25.1 Å². The number of benzene rings is 1. The normalized spacial score (nSPS) is 11.1. The number of fused-ring (bicyclic) bond motifs is 1. The van der Waals surface area contributed by atoms with Gasteiger partial charge in [0.25, 0.3) is 5.91 Å². The van der Waals surface area contributed by atoms with E-state index in [1.54, 1.807) is 24.5 Å². The summed E-state index contributed by atoms with van der Waals surface area (Å²) >= 11 is 0. The zero-order chi connectivity index (χ0) is 17.2. The Morgan fingerprint density at radius 2 is 2.16 bits per heavy atom. The van der Waals surface area contributed by atoms with E-state index < -0.39 is 0 Å². The Bertz CT molecular complexity index is 1010. The molecule has 0 radical (unpaired) electrons. The minimum Gasteiger partial charge on any atom is -0.463 e. The molecule has 7 heteroatoms. The molecular formula is C18H17N5O2. The third-order valence-electron chi connectivity index (χ3n) is 4.11. The van der Waals surface area contributed by atoms with Gasteiger partial charge in [0.1, 0.15) is 11.5 Å². The van der Waals surface area contributed by atoms with Gasteiger partial charge in [-0.1, -0.05) is 12.1 Å². The third-order valence-corrected chi connectivity index (χ3v) is 4.11. The second-order valence-electron chi connectivity index (χ2n) is 5.73. The predicted molar refractivity (Wildman–Crippen MR) is 93.0 cm³/mol. The van der Waals surface area contributed by atoms with Crippen LogP contribution in [0.4, 0.5) is 0 Å². The molecular weight excluding hydrogens is 318 g/mol. The van der Waals surface area contributed by atoms with Crippen LogP contribution in [0.25, 0.3) is 22.5 Å². The maximum atomic E-state index is 12.2. The number of carbonyl (C=O) groups excluding carboxylic acids is 1. The van der Waals surface area contributed by atoms with Gasteiger partial charge in [0.05, 0.1) is 17.3 Å². The number of nitrogens with zero attached hydrogens (tertiary/aromatic N) is 3. The van der Waals surface area contributed by atoms with Crippen LogP contribution in [-0.4, -0.2) is 32.2 Å². The van der Waals surface area contributed by atoms with E-state index in [2.05, 4.69) is 20.5 Å². The SMILES string of the molecule is Cn1c(CCNC(=O)c2cc(-c3ccco3)[nH]n2)nc2ccccc21. The number of aryl methyl sites for hydroxylation is 1. The van der Waals surface area contributed by atoms with Crippen LogP contribution in [0.3, 0.4) is 0 Å². The van der Waals surface area contributed by atoms with Crippen LogP contribution < -0.4 is 5.32 Å². The summed E-state index contributed by atoms with van der Waals surface area (Å²) in [7, 11) is 1.98. The zero-order valence-electron chi connectivity index (χ0n) is 13.7. The first-order valence-corrected chi connectivity index (χ1v) is 8.00. The summed E-state index contributed by atoms with van der Waals surface area (Å²) in [5.74, 6) is 1.35. The number of hydrogen-bond donors (Lipinski definition) is 2. The van der Waals surface area contributed by atoms with Gasteiger partial charge in [0.2, 0.25) is 0 Å². The fraction of sp³-hybridized carbons (Fsp3) is 0.167. The summed E-state index contributed by atoms with van der Waals surface area (Å²) in [4.78, 5) is 16.8. The van der Waals surface area contributed by atoms with E-state index in [-0.39, 0.29) is 5.91 Å². The number of furan rings is 1. The Morgan fingerprint density at radius 3 is 2.96 bits per heavy atom. The maximum Gasteiger partial charge on any atom is 0.271 e.